The smallest absolute Gasteiger partial charge is 0.127 e. The average Bonchev–Trinajstić information content (AvgIpc) is 2.18. The molecule has 0 amide bonds. The van der Waals surface area contributed by atoms with Crippen LogP contribution in [0.5, 0.6) is 5.75 Å². The van der Waals surface area contributed by atoms with Crippen molar-refractivity contribution in [3.63, 3.8) is 0 Å². The summed E-state index contributed by atoms with van der Waals surface area (Å²) in [5, 5.41) is 8.77. The van der Waals surface area contributed by atoms with E-state index < -0.39 is 0 Å². The summed E-state index contributed by atoms with van der Waals surface area (Å²) in [5.41, 5.74) is 2.26. The molecule has 0 aliphatic carbocycles. The number of aliphatic hydroxyl groups is 1. The molecule has 0 saturated heterocycles. The summed E-state index contributed by atoms with van der Waals surface area (Å²) < 4.78 is 5.51. The third-order valence-corrected chi connectivity index (χ3v) is 2.12. The van der Waals surface area contributed by atoms with Gasteiger partial charge in [-0.1, -0.05) is 18.2 Å². The molecule has 2 rings (SSSR count). The molecule has 0 unspecified atom stereocenters. The first-order valence-corrected chi connectivity index (χ1v) is 4.42. The molecule has 0 atom stereocenters. The molecular weight excluding hydrogens is 164 g/mol. The maximum absolute atomic E-state index is 8.77. The van der Waals surface area contributed by atoms with Crippen LogP contribution in [0.25, 0.3) is 6.08 Å². The third kappa shape index (κ3) is 1.73. The Morgan fingerprint density at radius 1 is 1.31 bits per heavy atom. The molecule has 0 saturated carbocycles. The minimum absolute atomic E-state index is 0.192. The molecule has 0 spiro atoms. The number of aliphatic hydroxyl groups excluding tert-OH is 1. The highest BCUT2D eigenvalue weighted by Gasteiger charge is 2.09. The standard InChI is InChI=1S/C11H12O2/c12-6-5-9-7-10-3-1-2-4-11(10)13-8-9/h1-4,7,12H,5-6,8H2. The van der Waals surface area contributed by atoms with Gasteiger partial charge in [0.25, 0.3) is 0 Å². The lowest BCUT2D eigenvalue weighted by Gasteiger charge is -2.16. The maximum atomic E-state index is 8.77. The van der Waals surface area contributed by atoms with Crippen molar-refractivity contribution in [1.82, 2.24) is 0 Å². The molecule has 68 valence electrons. The van der Waals surface area contributed by atoms with Gasteiger partial charge in [0.05, 0.1) is 0 Å². The number of para-hydroxylation sites is 1. The summed E-state index contributed by atoms with van der Waals surface area (Å²) in [6.45, 7) is 0.801. The molecule has 0 fully saturated rings. The molecule has 2 heteroatoms. The van der Waals surface area contributed by atoms with Gasteiger partial charge in [0.2, 0.25) is 0 Å². The van der Waals surface area contributed by atoms with Crippen molar-refractivity contribution in [3.05, 3.63) is 35.4 Å². The van der Waals surface area contributed by atoms with E-state index in [1.165, 1.54) is 0 Å². The summed E-state index contributed by atoms with van der Waals surface area (Å²) in [4.78, 5) is 0. The number of rotatable bonds is 2. The Balaban J connectivity index is 2.28. The van der Waals surface area contributed by atoms with E-state index in [9.17, 15) is 0 Å². The molecule has 1 aliphatic rings. The molecule has 1 heterocycles. The highest BCUT2D eigenvalue weighted by molar-refractivity contribution is 5.61. The van der Waals surface area contributed by atoms with Gasteiger partial charge >= 0.3 is 0 Å². The zero-order valence-electron chi connectivity index (χ0n) is 7.36. The lowest BCUT2D eigenvalue weighted by Crippen LogP contribution is -2.08. The summed E-state index contributed by atoms with van der Waals surface area (Å²) in [6.07, 6.45) is 2.80. The van der Waals surface area contributed by atoms with Gasteiger partial charge in [-0.25, -0.2) is 0 Å². The third-order valence-electron chi connectivity index (χ3n) is 2.12. The topological polar surface area (TPSA) is 29.5 Å². The second-order valence-electron chi connectivity index (χ2n) is 3.10. The monoisotopic (exact) mass is 176 g/mol. The summed E-state index contributed by atoms with van der Waals surface area (Å²) in [7, 11) is 0. The molecule has 0 bridgehead atoms. The molecule has 1 aromatic rings. The number of hydrogen-bond donors (Lipinski definition) is 1. The predicted molar refractivity (Wildman–Crippen MR) is 51.6 cm³/mol. The minimum atomic E-state index is 0.192. The van der Waals surface area contributed by atoms with Crippen LogP contribution < -0.4 is 4.74 Å². The van der Waals surface area contributed by atoms with E-state index in [1.54, 1.807) is 0 Å². The van der Waals surface area contributed by atoms with Gasteiger partial charge < -0.3 is 9.84 Å². The Hall–Kier alpha value is -1.28. The highest BCUT2D eigenvalue weighted by atomic mass is 16.5. The average molecular weight is 176 g/mol. The van der Waals surface area contributed by atoms with Crippen molar-refractivity contribution in [2.24, 2.45) is 0 Å². The largest absolute Gasteiger partial charge is 0.489 e. The van der Waals surface area contributed by atoms with Crippen molar-refractivity contribution in [2.45, 2.75) is 6.42 Å². The van der Waals surface area contributed by atoms with Gasteiger partial charge in [0, 0.05) is 12.2 Å². The molecule has 1 N–H and O–H groups in total. The summed E-state index contributed by atoms with van der Waals surface area (Å²) >= 11 is 0. The van der Waals surface area contributed by atoms with Crippen molar-refractivity contribution < 1.29 is 9.84 Å². The van der Waals surface area contributed by atoms with E-state index in [0.29, 0.717) is 13.0 Å². The van der Waals surface area contributed by atoms with Crippen LogP contribution in [-0.4, -0.2) is 18.3 Å². The zero-order valence-corrected chi connectivity index (χ0v) is 7.36. The SMILES string of the molecule is OCCC1=Cc2ccccc2OC1. The van der Waals surface area contributed by atoms with Crippen LogP contribution in [0.2, 0.25) is 0 Å². The van der Waals surface area contributed by atoms with Gasteiger partial charge in [-0.2, -0.15) is 0 Å². The van der Waals surface area contributed by atoms with Gasteiger partial charge in [-0.3, -0.25) is 0 Å². The van der Waals surface area contributed by atoms with Gasteiger partial charge in [-0.15, -0.1) is 0 Å². The van der Waals surface area contributed by atoms with Crippen molar-refractivity contribution in [2.75, 3.05) is 13.2 Å². The van der Waals surface area contributed by atoms with Crippen LogP contribution in [0, 0.1) is 0 Å². The lowest BCUT2D eigenvalue weighted by molar-refractivity contribution is 0.283. The van der Waals surface area contributed by atoms with Crippen LogP contribution in [0.15, 0.2) is 29.8 Å². The lowest BCUT2D eigenvalue weighted by atomic mass is 10.1. The second-order valence-corrected chi connectivity index (χ2v) is 3.10. The van der Waals surface area contributed by atoms with Crippen LogP contribution in [0.3, 0.4) is 0 Å². The second kappa shape index (κ2) is 3.62. The molecular formula is C11H12O2. The molecule has 0 radical (unpaired) electrons. The quantitative estimate of drug-likeness (QED) is 0.745. The van der Waals surface area contributed by atoms with Gasteiger partial charge in [-0.05, 0) is 24.1 Å². The van der Waals surface area contributed by atoms with Crippen molar-refractivity contribution in [3.8, 4) is 5.75 Å². The van der Waals surface area contributed by atoms with E-state index in [4.69, 9.17) is 9.84 Å². The van der Waals surface area contributed by atoms with E-state index in [0.717, 1.165) is 16.9 Å². The van der Waals surface area contributed by atoms with E-state index >= 15 is 0 Å². The number of ether oxygens (including phenoxy) is 1. The maximum Gasteiger partial charge on any atom is 0.127 e. The Morgan fingerprint density at radius 2 is 2.15 bits per heavy atom. The Morgan fingerprint density at radius 3 is 3.00 bits per heavy atom. The number of fused-ring (bicyclic) bond motifs is 1. The normalized spacial score (nSPS) is 14.4. The summed E-state index contributed by atoms with van der Waals surface area (Å²) in [5.74, 6) is 0.934. The number of hydrogen-bond acceptors (Lipinski definition) is 2. The number of benzene rings is 1. The Labute approximate surface area is 77.5 Å². The first kappa shape index (κ1) is 8.32. The fraction of sp³-hybridized carbons (Fsp3) is 0.273. The van der Waals surface area contributed by atoms with Crippen LogP contribution in [0.4, 0.5) is 0 Å². The van der Waals surface area contributed by atoms with Crippen LogP contribution in [-0.2, 0) is 0 Å². The Kier molecular flexibility index (Phi) is 2.32. The van der Waals surface area contributed by atoms with E-state index in [2.05, 4.69) is 6.08 Å². The van der Waals surface area contributed by atoms with E-state index in [1.807, 2.05) is 24.3 Å². The zero-order chi connectivity index (χ0) is 9.10. The predicted octanol–water partition coefficient (Wildman–Crippen LogP) is 1.84. The van der Waals surface area contributed by atoms with Crippen LogP contribution in [0.1, 0.15) is 12.0 Å². The first-order chi connectivity index (χ1) is 6.40. The van der Waals surface area contributed by atoms with Crippen molar-refractivity contribution in [1.29, 1.82) is 0 Å². The molecule has 1 aliphatic heterocycles. The van der Waals surface area contributed by atoms with Gasteiger partial charge in [0.1, 0.15) is 12.4 Å². The highest BCUT2D eigenvalue weighted by Crippen LogP contribution is 2.26. The van der Waals surface area contributed by atoms with Crippen LogP contribution >= 0.6 is 0 Å². The molecule has 13 heavy (non-hydrogen) atoms. The molecule has 0 aromatic heterocycles. The minimum Gasteiger partial charge on any atom is -0.489 e. The molecule has 1 aromatic carbocycles. The summed E-state index contributed by atoms with van der Waals surface area (Å²) in [6, 6.07) is 7.93. The first-order valence-electron chi connectivity index (χ1n) is 4.42. The Bertz CT molecular complexity index is 329. The van der Waals surface area contributed by atoms with E-state index in [-0.39, 0.29) is 6.61 Å². The van der Waals surface area contributed by atoms with Gasteiger partial charge in [0.15, 0.2) is 0 Å². The molecule has 2 nitrogen and oxygen atoms in total. The van der Waals surface area contributed by atoms with Crippen molar-refractivity contribution >= 4 is 6.08 Å². The fourth-order valence-electron chi connectivity index (χ4n) is 1.45. The fourth-order valence-corrected chi connectivity index (χ4v) is 1.45.